The van der Waals surface area contributed by atoms with Gasteiger partial charge < -0.3 is 19.5 Å². The van der Waals surface area contributed by atoms with Crippen LogP contribution in [0, 0.1) is 0 Å². The summed E-state index contributed by atoms with van der Waals surface area (Å²) < 4.78 is 16.7. The monoisotopic (exact) mass is 405 g/mol. The summed E-state index contributed by atoms with van der Waals surface area (Å²) >= 11 is 3.29. The quantitative estimate of drug-likeness (QED) is 0.788. The van der Waals surface area contributed by atoms with Crippen LogP contribution in [0.25, 0.3) is 0 Å². The first-order valence-corrected chi connectivity index (χ1v) is 8.50. The zero-order chi connectivity index (χ0) is 17.8. The molecule has 0 unspecified atom stereocenters. The molecule has 1 aliphatic heterocycles. The number of esters is 1. The Balaban J connectivity index is 1.63. The van der Waals surface area contributed by atoms with E-state index in [0.717, 1.165) is 0 Å². The molecule has 2 aromatic carbocycles. The van der Waals surface area contributed by atoms with Gasteiger partial charge in [-0.15, -0.1) is 0 Å². The van der Waals surface area contributed by atoms with Gasteiger partial charge in [-0.1, -0.05) is 12.1 Å². The fraction of sp³-hybridized carbons (Fsp3) is 0.222. The molecule has 2 aromatic rings. The highest BCUT2D eigenvalue weighted by atomic mass is 79.9. The molecule has 0 aliphatic carbocycles. The Morgan fingerprint density at radius 1 is 1.12 bits per heavy atom. The van der Waals surface area contributed by atoms with Gasteiger partial charge in [-0.05, 0) is 47.1 Å². The number of rotatable bonds is 4. The fourth-order valence-corrected chi connectivity index (χ4v) is 2.72. The van der Waals surface area contributed by atoms with Gasteiger partial charge in [-0.2, -0.15) is 0 Å². The molecule has 130 valence electrons. The van der Waals surface area contributed by atoms with Crippen molar-refractivity contribution in [3.63, 3.8) is 0 Å². The van der Waals surface area contributed by atoms with Crippen LogP contribution in [-0.4, -0.2) is 31.2 Å². The van der Waals surface area contributed by atoms with Crippen molar-refractivity contribution in [3.8, 4) is 11.5 Å². The van der Waals surface area contributed by atoms with E-state index in [4.69, 9.17) is 14.2 Å². The van der Waals surface area contributed by atoms with Gasteiger partial charge in [0.05, 0.1) is 5.56 Å². The largest absolute Gasteiger partial charge is 0.486 e. The van der Waals surface area contributed by atoms with Crippen LogP contribution < -0.4 is 14.8 Å². The summed E-state index contributed by atoms with van der Waals surface area (Å²) in [6.45, 7) is 2.48. The van der Waals surface area contributed by atoms with Gasteiger partial charge in [0.1, 0.15) is 13.2 Å². The number of ether oxygens (including phenoxy) is 3. The first-order chi connectivity index (χ1) is 12.0. The average Bonchev–Trinajstić information content (AvgIpc) is 2.61. The minimum atomic E-state index is -0.951. The lowest BCUT2D eigenvalue weighted by molar-refractivity contribution is -0.123. The minimum absolute atomic E-state index is 0.362. The van der Waals surface area contributed by atoms with Crippen molar-refractivity contribution in [1.29, 1.82) is 0 Å². The smallest absolute Gasteiger partial charge is 0.340 e. The van der Waals surface area contributed by atoms with Gasteiger partial charge in [0.2, 0.25) is 0 Å². The van der Waals surface area contributed by atoms with Crippen LogP contribution in [0.5, 0.6) is 11.5 Å². The van der Waals surface area contributed by atoms with Gasteiger partial charge >= 0.3 is 5.97 Å². The molecular formula is C18H16BrNO5. The maximum atomic E-state index is 12.3. The molecule has 7 heteroatoms. The van der Waals surface area contributed by atoms with Gasteiger partial charge in [0.15, 0.2) is 17.6 Å². The van der Waals surface area contributed by atoms with E-state index in [9.17, 15) is 9.59 Å². The lowest BCUT2D eigenvalue weighted by Crippen LogP contribution is -2.30. The van der Waals surface area contributed by atoms with Gasteiger partial charge in [-0.3, -0.25) is 4.79 Å². The lowest BCUT2D eigenvalue weighted by Gasteiger charge is -2.19. The van der Waals surface area contributed by atoms with Gasteiger partial charge in [-0.25, -0.2) is 4.79 Å². The number of benzene rings is 2. The SMILES string of the molecule is C[C@H](OC(=O)c1ccccc1Br)C(=O)Nc1ccc2c(c1)OCCO2. The van der Waals surface area contributed by atoms with E-state index in [0.29, 0.717) is 40.4 Å². The summed E-state index contributed by atoms with van der Waals surface area (Å²) in [4.78, 5) is 24.4. The van der Waals surface area contributed by atoms with Gasteiger partial charge in [0.25, 0.3) is 5.91 Å². The summed E-state index contributed by atoms with van der Waals surface area (Å²) in [6.07, 6.45) is -0.951. The normalized spacial score (nSPS) is 13.7. The number of carbonyl (C=O) groups excluding carboxylic acids is 2. The molecule has 1 atom stereocenters. The van der Waals surface area contributed by atoms with Crippen LogP contribution in [-0.2, 0) is 9.53 Å². The molecule has 0 fully saturated rings. The van der Waals surface area contributed by atoms with Crippen molar-refractivity contribution in [2.24, 2.45) is 0 Å². The second-order valence-corrected chi connectivity index (χ2v) is 6.23. The molecule has 0 saturated heterocycles. The van der Waals surface area contributed by atoms with Crippen molar-refractivity contribution in [1.82, 2.24) is 0 Å². The summed E-state index contributed by atoms with van der Waals surface area (Å²) in [5.74, 6) is 0.203. The molecule has 25 heavy (non-hydrogen) atoms. The summed E-state index contributed by atoms with van der Waals surface area (Å²) in [5, 5.41) is 2.70. The number of hydrogen-bond donors (Lipinski definition) is 1. The Morgan fingerprint density at radius 2 is 1.84 bits per heavy atom. The maximum Gasteiger partial charge on any atom is 0.340 e. The van der Waals surface area contributed by atoms with E-state index < -0.39 is 18.0 Å². The molecule has 1 amide bonds. The number of amides is 1. The predicted octanol–water partition coefficient (Wildman–Crippen LogP) is 3.40. The number of halogens is 1. The predicted molar refractivity (Wildman–Crippen MR) is 95.1 cm³/mol. The van der Waals surface area contributed by atoms with E-state index >= 15 is 0 Å². The number of anilines is 1. The van der Waals surface area contributed by atoms with Crippen LogP contribution in [0.3, 0.4) is 0 Å². The summed E-state index contributed by atoms with van der Waals surface area (Å²) in [5.41, 5.74) is 0.902. The summed E-state index contributed by atoms with van der Waals surface area (Å²) in [6, 6.07) is 12.0. The Labute approximate surface area is 153 Å². The van der Waals surface area contributed by atoms with E-state index in [2.05, 4.69) is 21.2 Å². The van der Waals surface area contributed by atoms with Crippen molar-refractivity contribution in [3.05, 3.63) is 52.5 Å². The third-order valence-electron chi connectivity index (χ3n) is 3.56. The first kappa shape index (κ1) is 17.3. The number of carbonyl (C=O) groups is 2. The van der Waals surface area contributed by atoms with Crippen molar-refractivity contribution >= 4 is 33.5 Å². The van der Waals surface area contributed by atoms with Crippen molar-refractivity contribution in [2.45, 2.75) is 13.0 Å². The number of nitrogens with one attached hydrogen (secondary N) is 1. The van der Waals surface area contributed by atoms with Crippen LogP contribution in [0.4, 0.5) is 5.69 Å². The minimum Gasteiger partial charge on any atom is -0.486 e. The third kappa shape index (κ3) is 4.11. The van der Waals surface area contributed by atoms with Crippen LogP contribution in [0.15, 0.2) is 46.9 Å². The second kappa shape index (κ2) is 7.57. The molecule has 1 N–H and O–H groups in total. The highest BCUT2D eigenvalue weighted by molar-refractivity contribution is 9.10. The Kier molecular flexibility index (Phi) is 5.23. The Morgan fingerprint density at radius 3 is 2.60 bits per heavy atom. The molecule has 0 spiro atoms. The molecule has 0 aromatic heterocycles. The first-order valence-electron chi connectivity index (χ1n) is 7.70. The maximum absolute atomic E-state index is 12.3. The second-order valence-electron chi connectivity index (χ2n) is 5.38. The molecule has 1 aliphatic rings. The molecule has 0 bridgehead atoms. The molecule has 1 heterocycles. The molecular weight excluding hydrogens is 390 g/mol. The molecule has 0 radical (unpaired) electrons. The van der Waals surface area contributed by atoms with Crippen LogP contribution in [0.2, 0.25) is 0 Å². The fourth-order valence-electron chi connectivity index (χ4n) is 2.27. The van der Waals surface area contributed by atoms with Crippen molar-refractivity contribution in [2.75, 3.05) is 18.5 Å². The zero-order valence-electron chi connectivity index (χ0n) is 13.5. The number of hydrogen-bond acceptors (Lipinski definition) is 5. The zero-order valence-corrected chi connectivity index (χ0v) is 15.0. The highest BCUT2D eigenvalue weighted by Gasteiger charge is 2.21. The van der Waals surface area contributed by atoms with Gasteiger partial charge in [0, 0.05) is 16.2 Å². The molecule has 3 rings (SSSR count). The highest BCUT2D eigenvalue weighted by Crippen LogP contribution is 2.32. The lowest BCUT2D eigenvalue weighted by atomic mass is 10.2. The van der Waals surface area contributed by atoms with Crippen LogP contribution in [0.1, 0.15) is 17.3 Å². The third-order valence-corrected chi connectivity index (χ3v) is 4.25. The summed E-state index contributed by atoms with van der Waals surface area (Å²) in [7, 11) is 0. The van der Waals surface area contributed by atoms with E-state index in [1.54, 1.807) is 42.5 Å². The standard InChI is InChI=1S/C18H16BrNO5/c1-11(25-18(22)13-4-2-3-5-14(13)19)17(21)20-12-6-7-15-16(10-12)24-9-8-23-15/h2-7,10-11H,8-9H2,1H3,(H,20,21)/t11-/m0/s1. The van der Waals surface area contributed by atoms with E-state index in [-0.39, 0.29) is 0 Å². The van der Waals surface area contributed by atoms with E-state index in [1.165, 1.54) is 6.92 Å². The van der Waals surface area contributed by atoms with E-state index in [1.807, 2.05) is 0 Å². The topological polar surface area (TPSA) is 73.9 Å². The molecule has 0 saturated carbocycles. The number of fused-ring (bicyclic) bond motifs is 1. The van der Waals surface area contributed by atoms with Crippen molar-refractivity contribution < 1.29 is 23.8 Å². The Bertz CT molecular complexity index is 808. The molecule has 6 nitrogen and oxygen atoms in total. The van der Waals surface area contributed by atoms with Crippen LogP contribution >= 0.6 is 15.9 Å². The Hall–Kier alpha value is -2.54. The average molecular weight is 406 g/mol.